The summed E-state index contributed by atoms with van der Waals surface area (Å²) in [4.78, 5) is 41.5. The molecule has 0 N–H and O–H groups in total. The molecule has 0 spiro atoms. The minimum atomic E-state index is -1.05. The summed E-state index contributed by atoms with van der Waals surface area (Å²) in [7, 11) is 0. The van der Waals surface area contributed by atoms with Crippen molar-refractivity contribution in [1.29, 1.82) is 0 Å². The van der Waals surface area contributed by atoms with E-state index in [1.807, 2.05) is 48.5 Å². The number of Topliss-reactive ketones (excluding diaryl/α,β-unsaturated/α-hetero) is 3. The quantitative estimate of drug-likeness (QED) is 0.219. The Morgan fingerprint density at radius 3 is 1.86 bits per heavy atom. The lowest BCUT2D eigenvalue weighted by atomic mass is 9.74. The van der Waals surface area contributed by atoms with Crippen molar-refractivity contribution in [3.8, 4) is 16.9 Å². The van der Waals surface area contributed by atoms with Crippen LogP contribution in [0.1, 0.15) is 68.5 Å². The highest BCUT2D eigenvalue weighted by atomic mass is 79.9. The molecule has 0 bridgehead atoms. The first kappa shape index (κ1) is 24.3. The van der Waals surface area contributed by atoms with Crippen LogP contribution < -0.4 is 0 Å². The molecule has 6 rings (SSSR count). The maximum absolute atomic E-state index is 13.9. The molecule has 0 amide bonds. The number of aromatic nitrogens is 1. The average molecular weight is 617 g/mol. The first-order valence-electron chi connectivity index (χ1n) is 12.2. The normalized spacial score (nSPS) is 16.7. The van der Waals surface area contributed by atoms with Crippen LogP contribution >= 0.6 is 31.9 Å². The van der Waals surface area contributed by atoms with Gasteiger partial charge in [-0.2, -0.15) is 0 Å². The second-order valence-electron chi connectivity index (χ2n) is 10.6. The second kappa shape index (κ2) is 8.74. The van der Waals surface area contributed by atoms with Gasteiger partial charge in [-0.05, 0) is 53.8 Å². The van der Waals surface area contributed by atoms with Gasteiger partial charge in [0.25, 0.3) is 0 Å². The van der Waals surface area contributed by atoms with Gasteiger partial charge in [-0.25, -0.2) is 0 Å². The number of nitrogens with zero attached hydrogens (tertiary/aromatic N) is 1. The predicted octanol–water partition coefficient (Wildman–Crippen LogP) is 7.99. The summed E-state index contributed by atoms with van der Waals surface area (Å²) in [6.45, 7) is 4.18. The predicted molar refractivity (Wildman–Crippen MR) is 151 cm³/mol. The van der Waals surface area contributed by atoms with Gasteiger partial charge in [0.05, 0.1) is 5.69 Å². The molecule has 0 saturated heterocycles. The van der Waals surface area contributed by atoms with Crippen LogP contribution in [-0.2, 0) is 6.42 Å². The molecule has 0 fully saturated rings. The molecule has 37 heavy (non-hydrogen) atoms. The maximum atomic E-state index is 13.9. The van der Waals surface area contributed by atoms with Gasteiger partial charge in [0.2, 0.25) is 0 Å². The first-order valence-corrected chi connectivity index (χ1v) is 13.7. The van der Waals surface area contributed by atoms with Gasteiger partial charge >= 0.3 is 0 Å². The SMILES string of the molecule is CC1(C)CC(=O)c2c(C3C(=O)c4ccccc4C3=O)c(-c3ccc(Br)cc3)n(-c3ccc(Br)cc3)c2C1. The lowest BCUT2D eigenvalue weighted by Gasteiger charge is -2.30. The van der Waals surface area contributed by atoms with E-state index in [0.717, 1.165) is 31.6 Å². The van der Waals surface area contributed by atoms with Crippen molar-refractivity contribution in [2.75, 3.05) is 0 Å². The van der Waals surface area contributed by atoms with Crippen LogP contribution in [0.2, 0.25) is 0 Å². The minimum Gasteiger partial charge on any atom is -0.313 e. The minimum absolute atomic E-state index is 0.0213. The summed E-state index contributed by atoms with van der Waals surface area (Å²) in [5.74, 6) is -1.56. The van der Waals surface area contributed by atoms with E-state index in [1.54, 1.807) is 24.3 Å². The Morgan fingerprint density at radius 2 is 1.30 bits per heavy atom. The Hall–Kier alpha value is -3.09. The van der Waals surface area contributed by atoms with Crippen molar-refractivity contribution in [3.05, 3.63) is 110 Å². The highest BCUT2D eigenvalue weighted by Gasteiger charge is 2.47. The number of fused-ring (bicyclic) bond motifs is 2. The van der Waals surface area contributed by atoms with E-state index in [4.69, 9.17) is 0 Å². The Morgan fingerprint density at radius 1 is 0.757 bits per heavy atom. The molecule has 1 heterocycles. The fourth-order valence-electron chi connectivity index (χ4n) is 5.81. The molecule has 3 aromatic carbocycles. The van der Waals surface area contributed by atoms with Crippen LogP contribution in [0.4, 0.5) is 0 Å². The largest absolute Gasteiger partial charge is 0.313 e. The standard InChI is InChI=1S/C31H23Br2NO3/c1-31(2)15-23-25(24(35)16-31)26(27-29(36)21-5-3-4-6-22(21)30(27)37)28(17-7-9-18(32)10-8-17)34(23)20-13-11-19(33)12-14-20/h3-14,27H,15-16H2,1-2H3. The summed E-state index contributed by atoms with van der Waals surface area (Å²) < 4.78 is 3.96. The Bertz CT molecular complexity index is 1580. The van der Waals surface area contributed by atoms with E-state index in [9.17, 15) is 14.4 Å². The Balaban J connectivity index is 1.73. The van der Waals surface area contributed by atoms with Crippen LogP contribution in [0.5, 0.6) is 0 Å². The van der Waals surface area contributed by atoms with Crippen LogP contribution in [0, 0.1) is 5.41 Å². The summed E-state index contributed by atoms with van der Waals surface area (Å²) in [5.41, 5.74) is 4.96. The topological polar surface area (TPSA) is 56.1 Å². The zero-order valence-corrected chi connectivity index (χ0v) is 23.5. The van der Waals surface area contributed by atoms with Crippen LogP contribution in [0.25, 0.3) is 16.9 Å². The maximum Gasteiger partial charge on any atom is 0.178 e. The van der Waals surface area contributed by atoms with Gasteiger partial charge in [0, 0.05) is 49.0 Å². The van der Waals surface area contributed by atoms with Gasteiger partial charge < -0.3 is 4.57 Å². The van der Waals surface area contributed by atoms with Gasteiger partial charge in [-0.15, -0.1) is 0 Å². The number of hydrogen-bond donors (Lipinski definition) is 0. The van der Waals surface area contributed by atoms with Gasteiger partial charge in [-0.3, -0.25) is 14.4 Å². The third-order valence-electron chi connectivity index (χ3n) is 7.34. The summed E-state index contributed by atoms with van der Waals surface area (Å²) in [5, 5.41) is 0. The molecule has 0 saturated carbocycles. The fraction of sp³-hybridized carbons (Fsp3) is 0.194. The highest BCUT2D eigenvalue weighted by molar-refractivity contribution is 9.10. The molecule has 184 valence electrons. The van der Waals surface area contributed by atoms with E-state index in [2.05, 4.69) is 50.3 Å². The zero-order chi connectivity index (χ0) is 26.1. The van der Waals surface area contributed by atoms with Crippen molar-refractivity contribution in [1.82, 2.24) is 4.57 Å². The molecule has 0 unspecified atom stereocenters. The van der Waals surface area contributed by atoms with E-state index in [0.29, 0.717) is 35.1 Å². The molecule has 2 aliphatic rings. The van der Waals surface area contributed by atoms with E-state index in [1.165, 1.54) is 0 Å². The zero-order valence-electron chi connectivity index (χ0n) is 20.3. The first-order chi connectivity index (χ1) is 17.7. The van der Waals surface area contributed by atoms with Gasteiger partial charge in [0.15, 0.2) is 17.3 Å². The van der Waals surface area contributed by atoms with Crippen molar-refractivity contribution < 1.29 is 14.4 Å². The number of rotatable bonds is 3. The smallest absolute Gasteiger partial charge is 0.178 e. The molecule has 4 aromatic rings. The molecule has 1 aromatic heterocycles. The number of carbonyl (C=O) groups is 3. The molecule has 2 aliphatic carbocycles. The molecule has 6 heteroatoms. The third-order valence-corrected chi connectivity index (χ3v) is 8.40. The van der Waals surface area contributed by atoms with Crippen LogP contribution in [0.15, 0.2) is 81.7 Å². The van der Waals surface area contributed by atoms with Crippen molar-refractivity contribution >= 4 is 49.2 Å². The summed E-state index contributed by atoms with van der Waals surface area (Å²) >= 11 is 7.05. The molecule has 4 nitrogen and oxygen atoms in total. The van der Waals surface area contributed by atoms with Crippen molar-refractivity contribution in [2.24, 2.45) is 5.41 Å². The number of carbonyl (C=O) groups excluding carboxylic acids is 3. The van der Waals surface area contributed by atoms with Gasteiger partial charge in [-0.1, -0.05) is 82.1 Å². The van der Waals surface area contributed by atoms with E-state index < -0.39 is 5.92 Å². The highest BCUT2D eigenvalue weighted by Crippen LogP contribution is 2.48. The molecule has 0 aliphatic heterocycles. The lowest BCUT2D eigenvalue weighted by Crippen LogP contribution is -2.29. The average Bonchev–Trinajstić information content (AvgIpc) is 3.31. The molecular formula is C31H23Br2NO3. The molecule has 0 atom stereocenters. The monoisotopic (exact) mass is 615 g/mol. The third kappa shape index (κ3) is 3.89. The Kier molecular flexibility index (Phi) is 5.73. The lowest BCUT2D eigenvalue weighted by molar-refractivity contribution is 0.0888. The summed E-state index contributed by atoms with van der Waals surface area (Å²) in [6.07, 6.45) is 1.01. The van der Waals surface area contributed by atoms with Crippen LogP contribution in [-0.4, -0.2) is 21.9 Å². The van der Waals surface area contributed by atoms with E-state index >= 15 is 0 Å². The van der Waals surface area contributed by atoms with E-state index in [-0.39, 0.29) is 22.8 Å². The molecule has 0 radical (unpaired) electrons. The second-order valence-corrected chi connectivity index (χ2v) is 12.4. The fourth-order valence-corrected chi connectivity index (χ4v) is 6.34. The number of benzene rings is 3. The van der Waals surface area contributed by atoms with Crippen molar-refractivity contribution in [3.63, 3.8) is 0 Å². The Labute approximate surface area is 232 Å². The summed E-state index contributed by atoms with van der Waals surface area (Å²) in [6, 6.07) is 22.7. The molecular weight excluding hydrogens is 594 g/mol. The van der Waals surface area contributed by atoms with Crippen LogP contribution in [0.3, 0.4) is 0 Å². The number of hydrogen-bond acceptors (Lipinski definition) is 3. The number of ketones is 3. The van der Waals surface area contributed by atoms with Gasteiger partial charge in [0.1, 0.15) is 5.92 Å². The number of halogens is 2. The van der Waals surface area contributed by atoms with Crippen molar-refractivity contribution in [2.45, 2.75) is 32.6 Å².